The molecule has 0 aromatic heterocycles. The Morgan fingerprint density at radius 1 is 0.575 bits per heavy atom. The van der Waals surface area contributed by atoms with E-state index < -0.39 is 0 Å². The van der Waals surface area contributed by atoms with Crippen LogP contribution in [0.4, 0.5) is 11.4 Å². The van der Waals surface area contributed by atoms with Gasteiger partial charge in [-0.05, 0) is 74.2 Å². The number of halogens is 1. The molecule has 0 aliphatic carbocycles. The molecule has 0 saturated carbocycles. The average Bonchev–Trinajstić information content (AvgIpc) is 2.93. The van der Waals surface area contributed by atoms with Crippen LogP contribution in [0.5, 0.6) is 11.5 Å². The molecule has 0 spiro atoms. The molecule has 226 valence electrons. The summed E-state index contributed by atoms with van der Waals surface area (Å²) in [6.07, 6.45) is 16.6. The average molecular weight is 621 g/mol. The van der Waals surface area contributed by atoms with E-state index >= 15 is 0 Å². The zero-order valence-electron chi connectivity index (χ0n) is 25.3. The predicted octanol–water partition coefficient (Wildman–Crippen LogP) is 6.02. The van der Waals surface area contributed by atoms with Crippen LogP contribution in [-0.2, 0) is 0 Å². The van der Waals surface area contributed by atoms with Crippen LogP contribution >= 0.6 is 0 Å². The van der Waals surface area contributed by atoms with Gasteiger partial charge >= 0.3 is 0 Å². The lowest BCUT2D eigenvalue weighted by Gasteiger charge is -2.28. The van der Waals surface area contributed by atoms with Gasteiger partial charge in [0.15, 0.2) is 0 Å². The summed E-state index contributed by atoms with van der Waals surface area (Å²) in [6.45, 7) is 5.88. The molecular formula is C33H54BrN3O3. The molecule has 0 bridgehead atoms. The number of rotatable bonds is 23. The molecule has 6 nitrogen and oxygen atoms in total. The van der Waals surface area contributed by atoms with E-state index in [0.29, 0.717) is 6.61 Å². The fraction of sp³-hybridized carbons (Fsp3) is 0.636. The Morgan fingerprint density at radius 3 is 1.40 bits per heavy atom. The summed E-state index contributed by atoms with van der Waals surface area (Å²) in [4.78, 5) is 0. The molecule has 2 rings (SSSR count). The van der Waals surface area contributed by atoms with Crippen molar-refractivity contribution in [3.63, 3.8) is 0 Å². The van der Waals surface area contributed by atoms with Crippen molar-refractivity contribution in [2.45, 2.75) is 90.4 Å². The van der Waals surface area contributed by atoms with Gasteiger partial charge in [0, 0.05) is 0 Å². The maximum Gasteiger partial charge on any atom is 0.119 e. The van der Waals surface area contributed by atoms with Gasteiger partial charge in [-0.3, -0.25) is 0 Å². The number of hydrogen-bond donors (Lipinski definition) is 1. The molecular weight excluding hydrogens is 566 g/mol. The highest BCUT2D eigenvalue weighted by Crippen LogP contribution is 2.23. The Hall–Kier alpha value is -1.96. The topological polar surface area (TPSA) is 63.4 Å². The van der Waals surface area contributed by atoms with Crippen LogP contribution in [-0.4, -0.2) is 56.6 Å². The summed E-state index contributed by atoms with van der Waals surface area (Å²) >= 11 is 0. The van der Waals surface area contributed by atoms with E-state index in [4.69, 9.17) is 14.6 Å². The van der Waals surface area contributed by atoms with Crippen molar-refractivity contribution in [1.29, 1.82) is 0 Å². The Kier molecular flexibility index (Phi) is 20.5. The lowest BCUT2D eigenvalue weighted by Crippen LogP contribution is -3.00. The highest BCUT2D eigenvalue weighted by molar-refractivity contribution is 5.44. The van der Waals surface area contributed by atoms with Crippen molar-refractivity contribution in [3.05, 3.63) is 48.5 Å². The molecule has 0 aliphatic rings. The highest BCUT2D eigenvalue weighted by atomic mass is 79.9. The second kappa shape index (κ2) is 22.7. The fourth-order valence-corrected chi connectivity index (χ4v) is 4.50. The van der Waals surface area contributed by atoms with Crippen molar-refractivity contribution < 1.29 is 36.0 Å². The molecule has 40 heavy (non-hydrogen) atoms. The molecule has 0 fully saturated rings. The van der Waals surface area contributed by atoms with Crippen LogP contribution in [0.2, 0.25) is 0 Å². The standard InChI is InChI=1S/C33H54N3O3.BrH/c1-4-5-6-7-8-9-10-11-12-15-28-38-32-21-17-30(18-22-32)34-35-31-19-23-33(24-20-31)39-29-16-13-14-25-36(2,3)26-27-37;/h17-24,37H,4-16,25-29H2,1-3H3;1H/q+1;/p-1. The summed E-state index contributed by atoms with van der Waals surface area (Å²) in [5, 5.41) is 17.8. The van der Waals surface area contributed by atoms with Crippen molar-refractivity contribution in [2.24, 2.45) is 10.2 Å². The van der Waals surface area contributed by atoms with Crippen LogP contribution < -0.4 is 26.5 Å². The normalized spacial score (nSPS) is 11.5. The first-order chi connectivity index (χ1) is 19.0. The molecule has 0 heterocycles. The van der Waals surface area contributed by atoms with Crippen molar-refractivity contribution in [2.75, 3.05) is 47.0 Å². The number of hydrogen-bond acceptors (Lipinski definition) is 5. The van der Waals surface area contributed by atoms with Gasteiger partial charge in [-0.15, -0.1) is 0 Å². The second-order valence-electron chi connectivity index (χ2n) is 11.2. The van der Waals surface area contributed by atoms with E-state index in [-0.39, 0.29) is 23.6 Å². The number of unbranched alkanes of at least 4 members (excludes halogenated alkanes) is 11. The number of aliphatic hydroxyl groups excluding tert-OH is 1. The minimum absolute atomic E-state index is 0. The van der Waals surface area contributed by atoms with Crippen LogP contribution in [0.3, 0.4) is 0 Å². The summed E-state index contributed by atoms with van der Waals surface area (Å²) < 4.78 is 12.6. The number of likely N-dealkylation sites (N-methyl/N-ethyl adjacent to an activating group) is 1. The molecule has 2 aromatic rings. The number of benzene rings is 2. The van der Waals surface area contributed by atoms with Gasteiger partial charge in [-0.1, -0.05) is 64.7 Å². The Morgan fingerprint density at radius 2 is 0.975 bits per heavy atom. The van der Waals surface area contributed by atoms with Crippen molar-refractivity contribution in [1.82, 2.24) is 0 Å². The Labute approximate surface area is 254 Å². The zero-order valence-corrected chi connectivity index (χ0v) is 26.9. The maximum atomic E-state index is 9.11. The number of quaternary nitrogens is 1. The number of nitrogens with zero attached hydrogens (tertiary/aromatic N) is 3. The largest absolute Gasteiger partial charge is 1.00 e. The van der Waals surface area contributed by atoms with Gasteiger partial charge in [0.05, 0.1) is 51.8 Å². The Bertz CT molecular complexity index is 889. The number of ether oxygens (including phenoxy) is 2. The SMILES string of the molecule is CCCCCCCCCCCCOc1ccc(N=Nc2ccc(OCCCCC[N+](C)(C)CCO)cc2)cc1.[Br-]. The fourth-order valence-electron chi connectivity index (χ4n) is 4.50. The van der Waals surface area contributed by atoms with E-state index in [9.17, 15) is 0 Å². The van der Waals surface area contributed by atoms with E-state index in [2.05, 4.69) is 31.2 Å². The molecule has 2 aromatic carbocycles. The first-order valence-corrected chi connectivity index (χ1v) is 15.3. The minimum Gasteiger partial charge on any atom is -1.00 e. The lowest BCUT2D eigenvalue weighted by atomic mass is 10.1. The van der Waals surface area contributed by atoms with E-state index in [1.807, 2.05) is 48.5 Å². The molecule has 0 aliphatic heterocycles. The van der Waals surface area contributed by atoms with Gasteiger partial charge in [0.1, 0.15) is 18.0 Å². The first kappa shape index (κ1) is 36.1. The van der Waals surface area contributed by atoms with Crippen LogP contribution in [0.15, 0.2) is 58.8 Å². The minimum atomic E-state index is 0. The van der Waals surface area contributed by atoms with Gasteiger partial charge < -0.3 is 36.0 Å². The van der Waals surface area contributed by atoms with Gasteiger partial charge in [-0.2, -0.15) is 10.2 Å². The summed E-state index contributed by atoms with van der Waals surface area (Å²) in [5.41, 5.74) is 1.61. The lowest BCUT2D eigenvalue weighted by molar-refractivity contribution is -0.890. The van der Waals surface area contributed by atoms with E-state index in [1.165, 1.54) is 57.8 Å². The molecule has 0 atom stereocenters. The van der Waals surface area contributed by atoms with Gasteiger partial charge in [-0.25, -0.2) is 0 Å². The van der Waals surface area contributed by atoms with E-state index in [1.54, 1.807) is 0 Å². The monoisotopic (exact) mass is 619 g/mol. The molecule has 0 radical (unpaired) electrons. The summed E-state index contributed by atoms with van der Waals surface area (Å²) in [5.74, 6) is 1.74. The first-order valence-electron chi connectivity index (χ1n) is 15.3. The van der Waals surface area contributed by atoms with Crippen LogP contribution in [0.25, 0.3) is 0 Å². The second-order valence-corrected chi connectivity index (χ2v) is 11.2. The third-order valence-electron chi connectivity index (χ3n) is 7.10. The summed E-state index contributed by atoms with van der Waals surface area (Å²) in [7, 11) is 4.32. The maximum absolute atomic E-state index is 9.11. The summed E-state index contributed by atoms with van der Waals surface area (Å²) in [6, 6.07) is 15.6. The molecule has 0 amide bonds. The molecule has 0 saturated heterocycles. The van der Waals surface area contributed by atoms with Gasteiger partial charge in [0.25, 0.3) is 0 Å². The smallest absolute Gasteiger partial charge is 0.119 e. The molecule has 0 unspecified atom stereocenters. The Balaban J connectivity index is 0.00000800. The highest BCUT2D eigenvalue weighted by Gasteiger charge is 2.12. The predicted molar refractivity (Wildman–Crippen MR) is 163 cm³/mol. The molecule has 1 N–H and O–H groups in total. The zero-order chi connectivity index (χ0) is 28.0. The molecule has 7 heteroatoms. The third kappa shape index (κ3) is 17.7. The van der Waals surface area contributed by atoms with Crippen LogP contribution in [0, 0.1) is 0 Å². The van der Waals surface area contributed by atoms with Crippen molar-refractivity contribution >= 4 is 11.4 Å². The third-order valence-corrected chi connectivity index (χ3v) is 7.10. The quantitative estimate of drug-likeness (QED) is 0.0939. The van der Waals surface area contributed by atoms with E-state index in [0.717, 1.165) is 72.7 Å². The number of aliphatic hydroxyl groups is 1. The number of azo groups is 1. The van der Waals surface area contributed by atoms with Crippen LogP contribution in [0.1, 0.15) is 90.4 Å². The van der Waals surface area contributed by atoms with Crippen molar-refractivity contribution in [3.8, 4) is 11.5 Å². The van der Waals surface area contributed by atoms with Gasteiger partial charge in [0.2, 0.25) is 0 Å².